The molecule has 1 heterocycles. The second-order valence-corrected chi connectivity index (χ2v) is 5.14. The number of aromatic nitrogens is 2. The molecule has 0 aliphatic rings. The Bertz CT molecular complexity index is 473. The lowest BCUT2D eigenvalue weighted by molar-refractivity contribution is -0.127. The normalized spacial score (nSPS) is 10.3. The highest BCUT2D eigenvalue weighted by atomic mass is 16.2. The molecule has 0 spiro atoms. The number of nitrogens with zero attached hydrogens (tertiary/aromatic N) is 4. The van der Waals surface area contributed by atoms with Crippen molar-refractivity contribution in [1.29, 1.82) is 0 Å². The van der Waals surface area contributed by atoms with Crippen LogP contribution in [0.15, 0.2) is 0 Å². The molecule has 112 valence electrons. The van der Waals surface area contributed by atoms with E-state index in [1.54, 1.807) is 19.0 Å². The molecule has 0 bridgehead atoms. The molecule has 0 saturated carbocycles. The van der Waals surface area contributed by atoms with Gasteiger partial charge in [-0.15, -0.1) is 0 Å². The molecule has 0 aliphatic carbocycles. The largest absolute Gasteiger partial charge is 0.370 e. The van der Waals surface area contributed by atoms with Gasteiger partial charge >= 0.3 is 0 Å². The number of aryl methyl sites for hydroxylation is 1. The van der Waals surface area contributed by atoms with Crippen LogP contribution < -0.4 is 10.2 Å². The molecule has 0 aliphatic heterocycles. The van der Waals surface area contributed by atoms with Crippen LogP contribution in [0.1, 0.15) is 24.7 Å². The first-order valence-corrected chi connectivity index (χ1v) is 6.87. The standard InChI is InChI=1S/C14H25N5O/c1-7-8-15-13-10(2)14(17-11(3)16-13)19(6)9-12(20)18(4)5/h7-9H2,1-6H3,(H,15,16,17). The lowest BCUT2D eigenvalue weighted by Crippen LogP contribution is -2.35. The van der Waals surface area contributed by atoms with E-state index in [2.05, 4.69) is 22.2 Å². The fourth-order valence-corrected chi connectivity index (χ4v) is 1.82. The highest BCUT2D eigenvalue weighted by molar-refractivity contribution is 5.81. The molecule has 20 heavy (non-hydrogen) atoms. The zero-order chi connectivity index (χ0) is 15.3. The van der Waals surface area contributed by atoms with Gasteiger partial charge in [0.1, 0.15) is 17.5 Å². The van der Waals surface area contributed by atoms with Gasteiger partial charge in [-0.2, -0.15) is 0 Å². The Kier molecular flexibility index (Phi) is 5.73. The first-order chi connectivity index (χ1) is 9.36. The van der Waals surface area contributed by atoms with Crippen molar-refractivity contribution in [3.63, 3.8) is 0 Å². The Balaban J connectivity index is 2.98. The van der Waals surface area contributed by atoms with Gasteiger partial charge in [0.2, 0.25) is 5.91 Å². The molecule has 1 amide bonds. The fraction of sp³-hybridized carbons (Fsp3) is 0.643. The van der Waals surface area contributed by atoms with E-state index in [0.29, 0.717) is 12.4 Å². The molecule has 0 unspecified atom stereocenters. The van der Waals surface area contributed by atoms with Gasteiger partial charge in [-0.1, -0.05) is 6.92 Å². The molecule has 0 fully saturated rings. The highest BCUT2D eigenvalue weighted by Crippen LogP contribution is 2.22. The topological polar surface area (TPSA) is 61.4 Å². The van der Waals surface area contributed by atoms with Crippen LogP contribution in [0.3, 0.4) is 0 Å². The molecule has 1 aromatic heterocycles. The Hall–Kier alpha value is -1.85. The van der Waals surface area contributed by atoms with Crippen molar-refractivity contribution < 1.29 is 4.79 Å². The summed E-state index contributed by atoms with van der Waals surface area (Å²) in [6, 6.07) is 0. The highest BCUT2D eigenvalue weighted by Gasteiger charge is 2.15. The SMILES string of the molecule is CCCNc1nc(C)nc(N(C)CC(=O)N(C)C)c1C. The van der Waals surface area contributed by atoms with Gasteiger partial charge in [-0.3, -0.25) is 4.79 Å². The Labute approximate surface area is 121 Å². The van der Waals surface area contributed by atoms with Gasteiger partial charge in [-0.05, 0) is 20.3 Å². The van der Waals surface area contributed by atoms with Gasteiger partial charge in [0, 0.05) is 33.3 Å². The van der Waals surface area contributed by atoms with E-state index in [9.17, 15) is 4.79 Å². The Morgan fingerprint density at radius 2 is 1.85 bits per heavy atom. The third-order valence-electron chi connectivity index (χ3n) is 3.01. The van der Waals surface area contributed by atoms with E-state index >= 15 is 0 Å². The average Bonchev–Trinajstić information content (AvgIpc) is 2.38. The van der Waals surface area contributed by atoms with Crippen molar-refractivity contribution in [3.05, 3.63) is 11.4 Å². The quantitative estimate of drug-likeness (QED) is 0.854. The first-order valence-electron chi connectivity index (χ1n) is 6.87. The number of rotatable bonds is 6. The minimum atomic E-state index is 0.0474. The Morgan fingerprint density at radius 1 is 1.20 bits per heavy atom. The van der Waals surface area contributed by atoms with Crippen LogP contribution in [-0.2, 0) is 4.79 Å². The van der Waals surface area contributed by atoms with Crippen molar-refractivity contribution >= 4 is 17.5 Å². The predicted molar refractivity (Wildman–Crippen MR) is 82.3 cm³/mol. The minimum Gasteiger partial charge on any atom is -0.370 e. The zero-order valence-corrected chi connectivity index (χ0v) is 13.3. The van der Waals surface area contributed by atoms with Gasteiger partial charge in [0.25, 0.3) is 0 Å². The van der Waals surface area contributed by atoms with Crippen LogP contribution in [-0.4, -0.2) is 55.0 Å². The van der Waals surface area contributed by atoms with Gasteiger partial charge in [0.05, 0.1) is 6.54 Å². The molecule has 1 rings (SSSR count). The Morgan fingerprint density at radius 3 is 2.40 bits per heavy atom. The number of likely N-dealkylation sites (N-methyl/N-ethyl adjacent to an activating group) is 2. The molecular formula is C14H25N5O. The molecule has 0 atom stereocenters. The summed E-state index contributed by atoms with van der Waals surface area (Å²) in [6.45, 7) is 7.12. The summed E-state index contributed by atoms with van der Waals surface area (Å²) in [4.78, 5) is 24.1. The van der Waals surface area contributed by atoms with Crippen LogP contribution in [0.4, 0.5) is 11.6 Å². The van der Waals surface area contributed by atoms with E-state index in [0.717, 1.165) is 30.2 Å². The lowest BCUT2D eigenvalue weighted by atomic mass is 10.2. The summed E-state index contributed by atoms with van der Waals surface area (Å²) >= 11 is 0. The fourth-order valence-electron chi connectivity index (χ4n) is 1.82. The molecule has 1 aromatic rings. The van der Waals surface area contributed by atoms with Crippen LogP contribution >= 0.6 is 0 Å². The summed E-state index contributed by atoms with van der Waals surface area (Å²) in [6.07, 6.45) is 1.03. The number of amides is 1. The van der Waals surface area contributed by atoms with Gasteiger partial charge < -0.3 is 15.1 Å². The molecule has 0 radical (unpaired) electrons. The van der Waals surface area contributed by atoms with E-state index in [4.69, 9.17) is 0 Å². The number of hydrogen-bond donors (Lipinski definition) is 1. The van der Waals surface area contributed by atoms with Crippen molar-refractivity contribution in [3.8, 4) is 0 Å². The lowest BCUT2D eigenvalue weighted by Gasteiger charge is -2.23. The van der Waals surface area contributed by atoms with Crippen LogP contribution in [0.5, 0.6) is 0 Å². The summed E-state index contributed by atoms with van der Waals surface area (Å²) in [7, 11) is 5.38. The number of hydrogen-bond acceptors (Lipinski definition) is 5. The van der Waals surface area contributed by atoms with Crippen molar-refractivity contribution in [1.82, 2.24) is 14.9 Å². The molecular weight excluding hydrogens is 254 g/mol. The third-order valence-corrected chi connectivity index (χ3v) is 3.01. The maximum Gasteiger partial charge on any atom is 0.241 e. The second kappa shape index (κ2) is 7.07. The summed E-state index contributed by atoms with van der Waals surface area (Å²) < 4.78 is 0. The smallest absolute Gasteiger partial charge is 0.241 e. The van der Waals surface area contributed by atoms with Crippen molar-refractivity contribution in [2.75, 3.05) is 44.4 Å². The molecule has 1 N–H and O–H groups in total. The van der Waals surface area contributed by atoms with E-state index in [1.807, 2.05) is 25.8 Å². The maximum atomic E-state index is 11.8. The molecule has 6 nitrogen and oxygen atoms in total. The van der Waals surface area contributed by atoms with E-state index < -0.39 is 0 Å². The van der Waals surface area contributed by atoms with Crippen molar-refractivity contribution in [2.45, 2.75) is 27.2 Å². The van der Waals surface area contributed by atoms with E-state index in [-0.39, 0.29) is 5.91 Å². The third kappa shape index (κ3) is 4.08. The number of carbonyl (C=O) groups excluding carboxylic acids is 1. The molecule has 6 heteroatoms. The maximum absolute atomic E-state index is 11.8. The predicted octanol–water partition coefficient (Wildman–Crippen LogP) is 1.44. The van der Waals surface area contributed by atoms with Crippen molar-refractivity contribution in [2.24, 2.45) is 0 Å². The summed E-state index contributed by atoms with van der Waals surface area (Å²) in [5.74, 6) is 2.39. The molecule has 0 saturated heterocycles. The average molecular weight is 279 g/mol. The van der Waals surface area contributed by atoms with E-state index in [1.165, 1.54) is 0 Å². The summed E-state index contributed by atoms with van der Waals surface area (Å²) in [5.41, 5.74) is 0.970. The van der Waals surface area contributed by atoms with Crippen LogP contribution in [0, 0.1) is 13.8 Å². The van der Waals surface area contributed by atoms with Gasteiger partial charge in [-0.25, -0.2) is 9.97 Å². The molecule has 0 aromatic carbocycles. The summed E-state index contributed by atoms with van der Waals surface area (Å²) in [5, 5.41) is 3.30. The number of anilines is 2. The number of carbonyl (C=O) groups is 1. The number of nitrogens with one attached hydrogen (secondary N) is 1. The van der Waals surface area contributed by atoms with Crippen LogP contribution in [0.25, 0.3) is 0 Å². The monoisotopic (exact) mass is 279 g/mol. The van der Waals surface area contributed by atoms with Gasteiger partial charge in [0.15, 0.2) is 0 Å². The van der Waals surface area contributed by atoms with Crippen LogP contribution in [0.2, 0.25) is 0 Å². The second-order valence-electron chi connectivity index (χ2n) is 5.14. The minimum absolute atomic E-state index is 0.0474. The zero-order valence-electron chi connectivity index (χ0n) is 13.3. The first kappa shape index (κ1) is 16.2.